The lowest BCUT2D eigenvalue weighted by atomic mass is 10.3. The quantitative estimate of drug-likeness (QED) is 0.594. The Balaban J connectivity index is 2.68. The topological polar surface area (TPSA) is 77.2 Å². The zero-order valence-corrected chi connectivity index (χ0v) is 9.88. The van der Waals surface area contributed by atoms with E-state index in [9.17, 15) is 4.79 Å². The Hall–Kier alpha value is -1.69. The predicted molar refractivity (Wildman–Crippen MR) is 65.2 cm³/mol. The Morgan fingerprint density at radius 3 is 2.75 bits per heavy atom. The predicted octanol–water partition coefficient (Wildman–Crippen LogP) is 0.689. The number of hydrogen-bond acceptors (Lipinski definition) is 5. The number of anilines is 1. The Bertz CT molecular complexity index is 392. The molecule has 1 rings (SSSR count). The number of hydrogen-bond donors (Lipinski definition) is 2. The largest absolute Gasteiger partial charge is 0.467 e. The third-order valence-corrected chi connectivity index (χ3v) is 2.16. The lowest BCUT2D eigenvalue weighted by Gasteiger charge is -2.12. The van der Waals surface area contributed by atoms with Gasteiger partial charge in [0.15, 0.2) is 0 Å². The molecule has 0 fully saturated rings. The van der Waals surface area contributed by atoms with Crippen LogP contribution in [0.15, 0.2) is 18.3 Å². The van der Waals surface area contributed by atoms with Crippen LogP contribution in [0.1, 0.15) is 12.6 Å². The minimum absolute atomic E-state index is 0.243. The summed E-state index contributed by atoms with van der Waals surface area (Å²) in [7, 11) is 1.34. The van der Waals surface area contributed by atoms with Crippen LogP contribution in [-0.4, -0.2) is 29.1 Å². The molecule has 1 heterocycles. The highest BCUT2D eigenvalue weighted by Gasteiger charge is 2.12. The molecule has 0 bridgehead atoms. The third-order valence-electron chi connectivity index (χ3n) is 1.95. The van der Waals surface area contributed by atoms with Crippen LogP contribution in [0.5, 0.6) is 0 Å². The van der Waals surface area contributed by atoms with Crippen molar-refractivity contribution in [1.82, 2.24) is 4.98 Å². The average Bonchev–Trinajstić information content (AvgIpc) is 2.28. The van der Waals surface area contributed by atoms with Gasteiger partial charge in [-0.2, -0.15) is 0 Å². The first-order valence-electron chi connectivity index (χ1n) is 4.65. The number of nitrogens with two attached hydrogens (primary N) is 1. The van der Waals surface area contributed by atoms with Crippen molar-refractivity contribution in [3.05, 3.63) is 24.0 Å². The zero-order chi connectivity index (χ0) is 12.1. The second-order valence-corrected chi connectivity index (χ2v) is 3.63. The number of nitrogens with zero attached hydrogens (tertiary/aromatic N) is 1. The number of methoxy groups -OCH3 is 1. The van der Waals surface area contributed by atoms with E-state index in [0.717, 1.165) is 0 Å². The summed E-state index contributed by atoms with van der Waals surface area (Å²) in [5.41, 5.74) is 6.66. The highest BCUT2D eigenvalue weighted by molar-refractivity contribution is 7.80. The van der Waals surface area contributed by atoms with E-state index in [1.165, 1.54) is 7.11 Å². The summed E-state index contributed by atoms with van der Waals surface area (Å²) in [5, 5.41) is 2.94. The van der Waals surface area contributed by atoms with Gasteiger partial charge in [0.05, 0.1) is 24.7 Å². The van der Waals surface area contributed by atoms with Gasteiger partial charge in [-0.05, 0) is 19.1 Å². The smallest absolute Gasteiger partial charge is 0.327 e. The van der Waals surface area contributed by atoms with E-state index in [2.05, 4.69) is 15.0 Å². The SMILES string of the molecule is COC(=O)C(C)Nc1ccc(C(N)=S)nc1. The van der Waals surface area contributed by atoms with E-state index in [-0.39, 0.29) is 11.0 Å². The monoisotopic (exact) mass is 239 g/mol. The number of esters is 1. The summed E-state index contributed by atoms with van der Waals surface area (Å²) in [6.45, 7) is 1.70. The molecule has 0 saturated carbocycles. The summed E-state index contributed by atoms with van der Waals surface area (Å²) < 4.78 is 4.58. The molecule has 0 spiro atoms. The molecule has 0 aromatic carbocycles. The number of ether oxygens (including phenoxy) is 1. The van der Waals surface area contributed by atoms with Crippen LogP contribution in [-0.2, 0) is 9.53 Å². The van der Waals surface area contributed by atoms with Crippen molar-refractivity contribution in [2.45, 2.75) is 13.0 Å². The molecule has 5 nitrogen and oxygen atoms in total. The van der Waals surface area contributed by atoms with Gasteiger partial charge in [0, 0.05) is 0 Å². The van der Waals surface area contributed by atoms with Crippen molar-refractivity contribution >= 4 is 28.9 Å². The van der Waals surface area contributed by atoms with Crippen molar-refractivity contribution in [2.75, 3.05) is 12.4 Å². The Labute approximate surface area is 99.0 Å². The third kappa shape index (κ3) is 3.16. The number of pyridine rings is 1. The molecule has 0 aliphatic rings. The zero-order valence-electron chi connectivity index (χ0n) is 9.06. The first-order valence-corrected chi connectivity index (χ1v) is 5.05. The molecule has 0 aliphatic carbocycles. The maximum absolute atomic E-state index is 11.1. The molecule has 1 aromatic heterocycles. The summed E-state index contributed by atoms with van der Waals surface area (Å²) in [4.78, 5) is 15.4. The molecule has 6 heteroatoms. The van der Waals surface area contributed by atoms with E-state index in [4.69, 9.17) is 18.0 Å². The molecule has 16 heavy (non-hydrogen) atoms. The fourth-order valence-electron chi connectivity index (χ4n) is 1.11. The van der Waals surface area contributed by atoms with E-state index in [1.807, 2.05) is 0 Å². The van der Waals surface area contributed by atoms with Crippen molar-refractivity contribution < 1.29 is 9.53 Å². The minimum Gasteiger partial charge on any atom is -0.467 e. The first-order chi connectivity index (χ1) is 7.54. The standard InChI is InChI=1S/C10H13N3O2S/c1-6(10(14)15-2)13-7-3-4-8(9(11)16)12-5-7/h3-6,13H,1-2H3,(H2,11,16). The maximum Gasteiger partial charge on any atom is 0.327 e. The highest BCUT2D eigenvalue weighted by atomic mass is 32.1. The van der Waals surface area contributed by atoms with E-state index >= 15 is 0 Å². The molecular weight excluding hydrogens is 226 g/mol. The lowest BCUT2D eigenvalue weighted by molar-refractivity contribution is -0.141. The summed E-state index contributed by atoms with van der Waals surface area (Å²) in [6, 6.07) is 3.01. The fraction of sp³-hybridized carbons (Fsp3) is 0.300. The van der Waals surface area contributed by atoms with Gasteiger partial charge in [0.1, 0.15) is 11.0 Å². The minimum atomic E-state index is -0.428. The van der Waals surface area contributed by atoms with E-state index < -0.39 is 6.04 Å². The second kappa shape index (κ2) is 5.41. The molecule has 86 valence electrons. The van der Waals surface area contributed by atoms with Crippen molar-refractivity contribution in [2.24, 2.45) is 5.73 Å². The average molecular weight is 239 g/mol. The van der Waals surface area contributed by atoms with Crippen LogP contribution in [0.25, 0.3) is 0 Å². The van der Waals surface area contributed by atoms with Crippen molar-refractivity contribution in [3.8, 4) is 0 Å². The number of rotatable bonds is 4. The Morgan fingerprint density at radius 1 is 1.62 bits per heavy atom. The van der Waals surface area contributed by atoms with Gasteiger partial charge in [-0.1, -0.05) is 12.2 Å². The molecule has 1 unspecified atom stereocenters. The number of nitrogens with one attached hydrogen (secondary N) is 1. The molecular formula is C10H13N3O2S. The van der Waals surface area contributed by atoms with Gasteiger partial charge in [-0.3, -0.25) is 4.98 Å². The normalized spacial score (nSPS) is 11.6. The van der Waals surface area contributed by atoms with Crippen LogP contribution in [0.4, 0.5) is 5.69 Å². The van der Waals surface area contributed by atoms with Gasteiger partial charge in [-0.15, -0.1) is 0 Å². The van der Waals surface area contributed by atoms with Gasteiger partial charge in [-0.25, -0.2) is 4.79 Å². The fourth-order valence-corrected chi connectivity index (χ4v) is 1.23. The first kappa shape index (κ1) is 12.4. The summed E-state index contributed by atoms with van der Waals surface area (Å²) in [6.07, 6.45) is 1.56. The molecule has 0 aliphatic heterocycles. The molecule has 1 atom stereocenters. The maximum atomic E-state index is 11.1. The Kier molecular flexibility index (Phi) is 4.19. The van der Waals surface area contributed by atoms with Crippen LogP contribution >= 0.6 is 12.2 Å². The summed E-state index contributed by atoms with van der Waals surface area (Å²) in [5.74, 6) is -0.335. The number of aromatic nitrogens is 1. The van der Waals surface area contributed by atoms with E-state index in [1.54, 1.807) is 25.3 Å². The van der Waals surface area contributed by atoms with Gasteiger partial charge < -0.3 is 15.8 Å². The van der Waals surface area contributed by atoms with Crippen LogP contribution in [0.3, 0.4) is 0 Å². The summed E-state index contributed by atoms with van der Waals surface area (Å²) >= 11 is 4.77. The van der Waals surface area contributed by atoms with E-state index in [0.29, 0.717) is 11.4 Å². The molecule has 0 saturated heterocycles. The number of thiocarbonyl (C=S) groups is 1. The van der Waals surface area contributed by atoms with Crippen molar-refractivity contribution in [3.63, 3.8) is 0 Å². The van der Waals surface area contributed by atoms with Crippen LogP contribution < -0.4 is 11.1 Å². The van der Waals surface area contributed by atoms with Gasteiger partial charge >= 0.3 is 5.97 Å². The number of carbonyl (C=O) groups excluding carboxylic acids is 1. The lowest BCUT2D eigenvalue weighted by Crippen LogP contribution is -2.27. The van der Waals surface area contributed by atoms with Crippen molar-refractivity contribution in [1.29, 1.82) is 0 Å². The highest BCUT2D eigenvalue weighted by Crippen LogP contribution is 2.08. The molecule has 3 N–H and O–H groups in total. The number of carbonyl (C=O) groups is 1. The van der Waals surface area contributed by atoms with Crippen LogP contribution in [0, 0.1) is 0 Å². The Morgan fingerprint density at radius 2 is 2.31 bits per heavy atom. The van der Waals surface area contributed by atoms with Gasteiger partial charge in [0.2, 0.25) is 0 Å². The molecule has 1 aromatic rings. The van der Waals surface area contributed by atoms with Gasteiger partial charge in [0.25, 0.3) is 0 Å². The molecule has 0 amide bonds. The van der Waals surface area contributed by atoms with Crippen LogP contribution in [0.2, 0.25) is 0 Å². The molecule has 0 radical (unpaired) electrons. The second-order valence-electron chi connectivity index (χ2n) is 3.19.